The molecule has 3 aromatic carbocycles. The predicted octanol–water partition coefficient (Wildman–Crippen LogP) is 6.47. The van der Waals surface area contributed by atoms with Crippen LogP contribution in [0, 0.1) is 0 Å². The lowest BCUT2D eigenvalue weighted by Crippen LogP contribution is -2.32. The van der Waals surface area contributed by atoms with Gasteiger partial charge in [0, 0.05) is 18.5 Å². The summed E-state index contributed by atoms with van der Waals surface area (Å²) in [6.45, 7) is 7.39. The first-order chi connectivity index (χ1) is 18.0. The average molecular weight is 496 g/mol. The van der Waals surface area contributed by atoms with Crippen LogP contribution in [0.3, 0.4) is 0 Å². The fourth-order valence-electron chi connectivity index (χ4n) is 5.98. The van der Waals surface area contributed by atoms with Gasteiger partial charge in [-0.15, -0.1) is 0 Å². The Morgan fingerprint density at radius 3 is 1.92 bits per heavy atom. The molecule has 1 atom stereocenters. The molecule has 0 aromatic heterocycles. The van der Waals surface area contributed by atoms with Crippen molar-refractivity contribution < 1.29 is 10.2 Å². The Bertz CT molecular complexity index is 1180. The fraction of sp³-hybridized carbons (Fsp3) is 0.412. The van der Waals surface area contributed by atoms with Crippen LogP contribution in [-0.4, -0.2) is 41.4 Å². The normalized spacial score (nSPS) is 17.2. The second-order valence-electron chi connectivity index (χ2n) is 11.5. The minimum atomic E-state index is -0.437. The lowest BCUT2D eigenvalue weighted by Gasteiger charge is -2.30. The van der Waals surface area contributed by atoms with E-state index in [1.165, 1.54) is 27.8 Å². The van der Waals surface area contributed by atoms with E-state index in [2.05, 4.69) is 53.4 Å². The maximum absolute atomic E-state index is 10.8. The van der Waals surface area contributed by atoms with E-state index in [0.717, 1.165) is 69.3 Å². The Balaban J connectivity index is 1.20. The van der Waals surface area contributed by atoms with Crippen molar-refractivity contribution in [2.24, 2.45) is 0 Å². The average Bonchev–Trinajstić information content (AvgIpc) is 3.10. The van der Waals surface area contributed by atoms with Crippen molar-refractivity contribution in [2.75, 3.05) is 26.2 Å². The first-order valence-corrected chi connectivity index (χ1v) is 14.0. The zero-order valence-corrected chi connectivity index (χ0v) is 22.4. The van der Waals surface area contributed by atoms with E-state index in [9.17, 15) is 10.2 Å². The first-order valence-electron chi connectivity index (χ1n) is 14.0. The monoisotopic (exact) mass is 495 g/mol. The lowest BCUT2D eigenvalue weighted by molar-refractivity contribution is 0.153. The summed E-state index contributed by atoms with van der Waals surface area (Å²) in [6, 6.07) is 26.1. The summed E-state index contributed by atoms with van der Waals surface area (Å²) < 4.78 is 0. The Morgan fingerprint density at radius 2 is 1.35 bits per heavy atom. The van der Waals surface area contributed by atoms with E-state index in [1.807, 2.05) is 38.1 Å². The third-order valence-electron chi connectivity index (χ3n) is 8.47. The molecule has 2 aliphatic rings. The predicted molar refractivity (Wildman–Crippen MR) is 153 cm³/mol. The van der Waals surface area contributed by atoms with Crippen LogP contribution in [-0.2, 0) is 18.3 Å². The molecule has 5 rings (SSSR count). The SMILES string of the molecule is CC(C)(CO)c1ccc(C(O)CCCN2CCC(=C3c4ccccc4CCc4ccccc43)CC2)cc1. The second kappa shape index (κ2) is 11.3. The van der Waals surface area contributed by atoms with Crippen LogP contribution in [0.15, 0.2) is 78.4 Å². The van der Waals surface area contributed by atoms with E-state index in [-0.39, 0.29) is 12.0 Å². The molecule has 0 saturated carbocycles. The molecule has 0 amide bonds. The summed E-state index contributed by atoms with van der Waals surface area (Å²) >= 11 is 0. The number of rotatable bonds is 7. The minimum Gasteiger partial charge on any atom is -0.395 e. The number of likely N-dealkylation sites (tertiary alicyclic amines) is 1. The molecule has 0 radical (unpaired) electrons. The van der Waals surface area contributed by atoms with E-state index in [0.29, 0.717) is 0 Å². The summed E-state index contributed by atoms with van der Waals surface area (Å²) in [4.78, 5) is 2.57. The number of piperidine rings is 1. The van der Waals surface area contributed by atoms with Crippen molar-refractivity contribution >= 4 is 5.57 Å². The summed E-state index contributed by atoms with van der Waals surface area (Å²) in [6.07, 6.45) is 5.77. The van der Waals surface area contributed by atoms with Crippen molar-refractivity contribution in [1.82, 2.24) is 4.90 Å². The fourth-order valence-corrected chi connectivity index (χ4v) is 5.98. The van der Waals surface area contributed by atoms with Crippen LogP contribution in [0.25, 0.3) is 5.57 Å². The zero-order chi connectivity index (χ0) is 25.8. The molecule has 1 aliphatic carbocycles. The van der Waals surface area contributed by atoms with Crippen molar-refractivity contribution in [3.05, 3.63) is 112 Å². The molecule has 3 nitrogen and oxygen atoms in total. The van der Waals surface area contributed by atoms with Crippen LogP contribution >= 0.6 is 0 Å². The van der Waals surface area contributed by atoms with E-state index >= 15 is 0 Å². The number of aryl methyl sites for hydroxylation is 2. The third-order valence-corrected chi connectivity index (χ3v) is 8.47. The van der Waals surface area contributed by atoms with Gasteiger partial charge >= 0.3 is 0 Å². The lowest BCUT2D eigenvalue weighted by atomic mass is 9.85. The molecule has 3 heteroatoms. The van der Waals surface area contributed by atoms with E-state index in [4.69, 9.17) is 0 Å². The molecular weight excluding hydrogens is 454 g/mol. The standard InChI is InChI=1S/C34H41NO2/c1-34(2,24-36)29-17-15-27(16-18-29)32(37)12-7-21-35-22-19-28(20-23-35)33-30-10-5-3-8-25(30)13-14-26-9-4-6-11-31(26)33/h3-6,8-11,15-18,32,36-37H,7,12-14,19-24H2,1-2H3. The van der Waals surface area contributed by atoms with Gasteiger partial charge in [0.1, 0.15) is 0 Å². The Morgan fingerprint density at radius 1 is 0.784 bits per heavy atom. The Hall–Kier alpha value is -2.72. The maximum Gasteiger partial charge on any atom is 0.0790 e. The molecule has 1 saturated heterocycles. The van der Waals surface area contributed by atoms with Crippen LogP contribution in [0.5, 0.6) is 0 Å². The smallest absolute Gasteiger partial charge is 0.0790 e. The van der Waals surface area contributed by atoms with Gasteiger partial charge < -0.3 is 15.1 Å². The van der Waals surface area contributed by atoms with Gasteiger partial charge in [0.15, 0.2) is 0 Å². The molecule has 1 fully saturated rings. The Kier molecular flexibility index (Phi) is 7.95. The highest BCUT2D eigenvalue weighted by Gasteiger charge is 2.24. The number of aliphatic hydroxyl groups is 2. The van der Waals surface area contributed by atoms with Crippen molar-refractivity contribution in [1.29, 1.82) is 0 Å². The van der Waals surface area contributed by atoms with Crippen LogP contribution in [0.2, 0.25) is 0 Å². The molecule has 37 heavy (non-hydrogen) atoms. The summed E-state index contributed by atoms with van der Waals surface area (Å²) in [5.74, 6) is 0. The number of hydrogen-bond acceptors (Lipinski definition) is 3. The molecule has 194 valence electrons. The van der Waals surface area contributed by atoms with E-state index < -0.39 is 6.10 Å². The zero-order valence-electron chi connectivity index (χ0n) is 22.4. The maximum atomic E-state index is 10.8. The number of aliphatic hydroxyl groups excluding tert-OH is 2. The molecule has 0 bridgehead atoms. The van der Waals surface area contributed by atoms with Gasteiger partial charge in [0.05, 0.1) is 12.7 Å². The molecule has 3 aromatic rings. The number of fused-ring (bicyclic) bond motifs is 2. The van der Waals surface area contributed by atoms with Crippen LogP contribution in [0.4, 0.5) is 0 Å². The molecular formula is C34H41NO2. The number of hydrogen-bond donors (Lipinski definition) is 2. The quantitative estimate of drug-likeness (QED) is 0.395. The molecule has 2 N–H and O–H groups in total. The molecule has 1 unspecified atom stereocenters. The number of benzene rings is 3. The summed E-state index contributed by atoms with van der Waals surface area (Å²) in [5.41, 5.74) is 10.7. The van der Waals surface area contributed by atoms with Gasteiger partial charge in [-0.25, -0.2) is 0 Å². The van der Waals surface area contributed by atoms with Gasteiger partial charge in [-0.05, 0) is 84.0 Å². The van der Waals surface area contributed by atoms with Crippen LogP contribution in [0.1, 0.15) is 79.0 Å². The molecule has 1 aliphatic heterocycles. The molecule has 0 spiro atoms. The van der Waals surface area contributed by atoms with E-state index in [1.54, 1.807) is 5.57 Å². The highest BCUT2D eigenvalue weighted by Crippen LogP contribution is 2.38. The highest BCUT2D eigenvalue weighted by atomic mass is 16.3. The number of nitrogens with zero attached hydrogens (tertiary/aromatic N) is 1. The molecule has 1 heterocycles. The van der Waals surface area contributed by atoms with Gasteiger partial charge in [-0.3, -0.25) is 0 Å². The van der Waals surface area contributed by atoms with Gasteiger partial charge in [0.2, 0.25) is 0 Å². The van der Waals surface area contributed by atoms with Gasteiger partial charge in [-0.2, -0.15) is 0 Å². The van der Waals surface area contributed by atoms with Crippen molar-refractivity contribution in [2.45, 2.75) is 63.9 Å². The van der Waals surface area contributed by atoms with Gasteiger partial charge in [0.25, 0.3) is 0 Å². The summed E-state index contributed by atoms with van der Waals surface area (Å²) in [7, 11) is 0. The largest absolute Gasteiger partial charge is 0.395 e. The van der Waals surface area contributed by atoms with Gasteiger partial charge in [-0.1, -0.05) is 92.2 Å². The topological polar surface area (TPSA) is 43.7 Å². The van der Waals surface area contributed by atoms with Crippen LogP contribution < -0.4 is 0 Å². The highest BCUT2D eigenvalue weighted by molar-refractivity contribution is 5.86. The first kappa shape index (κ1) is 25.9. The summed E-state index contributed by atoms with van der Waals surface area (Å²) in [5, 5.41) is 20.3. The van der Waals surface area contributed by atoms with Crippen molar-refractivity contribution in [3.8, 4) is 0 Å². The Labute approximate surface area is 222 Å². The minimum absolute atomic E-state index is 0.113. The van der Waals surface area contributed by atoms with Crippen molar-refractivity contribution in [3.63, 3.8) is 0 Å². The second-order valence-corrected chi connectivity index (χ2v) is 11.5. The third kappa shape index (κ3) is 5.75.